The third kappa shape index (κ3) is 5.27. The van der Waals surface area contributed by atoms with Gasteiger partial charge in [-0.2, -0.15) is 0 Å². The van der Waals surface area contributed by atoms with Crippen LogP contribution in [-0.2, 0) is 0 Å². The maximum Gasteiger partial charge on any atom is 0.405 e. The van der Waals surface area contributed by atoms with E-state index in [9.17, 15) is 4.79 Å². The van der Waals surface area contributed by atoms with Crippen molar-refractivity contribution in [3.05, 3.63) is 18.2 Å². The van der Waals surface area contributed by atoms with E-state index in [1.54, 1.807) is 12.1 Å². The van der Waals surface area contributed by atoms with Crippen LogP contribution in [0.3, 0.4) is 0 Å². The number of nitrogens with one attached hydrogen (secondary N) is 1. The van der Waals surface area contributed by atoms with Crippen LogP contribution in [0.15, 0.2) is 11.6 Å². The quantitative estimate of drug-likeness (QED) is 0.316. The van der Waals surface area contributed by atoms with Crippen molar-refractivity contribution in [2.24, 2.45) is 52.3 Å². The molecule has 3 saturated carbocycles. The molecule has 1 radical (unpaired) electrons. The molecule has 0 aromatic heterocycles. The lowest BCUT2D eigenvalue weighted by molar-refractivity contribution is -0.0544. The molecule has 9 atom stereocenters. The first kappa shape index (κ1) is 28.0. The number of likely N-dealkylation sites (N-methyl/N-ethyl adjacent to an activating group) is 1. The third-order valence-corrected chi connectivity index (χ3v) is 11.8. The van der Waals surface area contributed by atoms with Crippen molar-refractivity contribution in [3.63, 3.8) is 0 Å². The molecule has 4 unspecified atom stereocenters. The van der Waals surface area contributed by atoms with E-state index in [-0.39, 0.29) is 6.04 Å². The van der Waals surface area contributed by atoms with Gasteiger partial charge < -0.3 is 15.3 Å². The molecule has 4 nitrogen and oxygen atoms in total. The Morgan fingerprint density at radius 2 is 1.86 bits per heavy atom. The first-order valence-electron chi connectivity index (χ1n) is 15.2. The van der Waals surface area contributed by atoms with Gasteiger partial charge in [0.25, 0.3) is 0 Å². The lowest BCUT2D eigenvalue weighted by Gasteiger charge is -2.59. The summed E-state index contributed by atoms with van der Waals surface area (Å²) < 4.78 is 0. The van der Waals surface area contributed by atoms with E-state index in [1.807, 2.05) is 0 Å². The Kier molecular flexibility index (Phi) is 8.54. The van der Waals surface area contributed by atoms with Crippen LogP contribution < -0.4 is 5.32 Å². The van der Waals surface area contributed by atoms with Crippen molar-refractivity contribution in [2.45, 2.75) is 111 Å². The lowest BCUT2D eigenvalue weighted by atomic mass is 9.46. The van der Waals surface area contributed by atoms with Gasteiger partial charge in [0.05, 0.1) is 6.54 Å². The van der Waals surface area contributed by atoms with Crippen LogP contribution in [-0.4, -0.2) is 36.2 Å². The van der Waals surface area contributed by atoms with Crippen molar-refractivity contribution >= 4 is 6.09 Å². The fourth-order valence-electron chi connectivity index (χ4n) is 9.87. The predicted octanol–water partition coefficient (Wildman–Crippen LogP) is 8.00. The van der Waals surface area contributed by atoms with Gasteiger partial charge in [-0.25, -0.2) is 4.79 Å². The average Bonchev–Trinajstić information content (AvgIpc) is 3.15. The van der Waals surface area contributed by atoms with Crippen LogP contribution >= 0.6 is 0 Å². The number of fused-ring (bicyclic) bond motifs is 5. The first-order chi connectivity index (χ1) is 17.0. The first-order valence-corrected chi connectivity index (χ1v) is 15.2. The van der Waals surface area contributed by atoms with Crippen LogP contribution in [0.5, 0.6) is 0 Å². The maximum absolute atomic E-state index is 11.1. The Hall–Kier alpha value is -1.03. The Morgan fingerprint density at radius 3 is 2.53 bits per heavy atom. The predicted molar refractivity (Wildman–Crippen MR) is 149 cm³/mol. The molecule has 36 heavy (non-hydrogen) atoms. The molecule has 0 aliphatic heterocycles. The van der Waals surface area contributed by atoms with E-state index in [2.05, 4.69) is 65.0 Å². The lowest BCUT2D eigenvalue weighted by Crippen LogP contribution is -2.51. The smallest absolute Gasteiger partial charge is 0.405 e. The zero-order chi connectivity index (χ0) is 26.3. The molecule has 205 valence electrons. The molecular weight excluding hydrogens is 444 g/mol. The highest BCUT2D eigenvalue weighted by Gasteiger charge is 2.59. The minimum Gasteiger partial charge on any atom is -0.465 e. The minimum atomic E-state index is -0.961. The number of allylic oxidation sites excluding steroid dienone is 2. The number of hydrogen-bond donors (Lipinski definition) is 2. The van der Waals surface area contributed by atoms with Gasteiger partial charge in [0, 0.05) is 6.04 Å². The molecule has 4 heteroatoms. The average molecular weight is 500 g/mol. The highest BCUT2D eigenvalue weighted by Crippen LogP contribution is 2.67. The number of amides is 1. The Labute approximate surface area is 222 Å². The van der Waals surface area contributed by atoms with Gasteiger partial charge in [-0.3, -0.25) is 0 Å². The SMILES string of the molecule is CC(C)CCC[C@@H](C)[C@H]1CCC2C3CC=C4C[C@@H](C([CH]NC(=O)O)N(C)C)CC[C@]4(C)C3CC[C@@]21C. The van der Waals surface area contributed by atoms with Crippen LogP contribution in [0, 0.1) is 58.8 Å². The minimum absolute atomic E-state index is 0.145. The molecule has 1 amide bonds. The molecule has 0 heterocycles. The monoisotopic (exact) mass is 499 g/mol. The molecule has 4 aliphatic rings. The van der Waals surface area contributed by atoms with Crippen molar-refractivity contribution in [1.29, 1.82) is 0 Å². The molecule has 0 aromatic carbocycles. The molecule has 0 aromatic rings. The molecular formula is C32H55N2O2. The zero-order valence-electron chi connectivity index (χ0n) is 24.4. The van der Waals surface area contributed by atoms with Gasteiger partial charge >= 0.3 is 6.09 Å². The molecule has 0 saturated heterocycles. The number of rotatable bonds is 9. The summed E-state index contributed by atoms with van der Waals surface area (Å²) >= 11 is 0. The zero-order valence-corrected chi connectivity index (χ0v) is 24.4. The molecule has 3 fully saturated rings. The Bertz CT molecular complexity index is 806. The number of carboxylic acid groups (broad SMARTS) is 1. The van der Waals surface area contributed by atoms with Gasteiger partial charge in [0.1, 0.15) is 0 Å². The van der Waals surface area contributed by atoms with Crippen molar-refractivity contribution < 1.29 is 9.90 Å². The van der Waals surface area contributed by atoms with Crippen molar-refractivity contribution in [1.82, 2.24) is 10.2 Å². The largest absolute Gasteiger partial charge is 0.465 e. The molecule has 0 spiro atoms. The topological polar surface area (TPSA) is 52.6 Å². The molecule has 4 aliphatic carbocycles. The van der Waals surface area contributed by atoms with E-state index in [0.29, 0.717) is 16.7 Å². The second kappa shape index (κ2) is 11.0. The fraction of sp³-hybridized carbons (Fsp3) is 0.875. The second-order valence-electron chi connectivity index (χ2n) is 14.4. The van der Waals surface area contributed by atoms with E-state index in [1.165, 1.54) is 64.2 Å². The summed E-state index contributed by atoms with van der Waals surface area (Å²) in [4.78, 5) is 13.3. The molecule has 2 N–H and O–H groups in total. The summed E-state index contributed by atoms with van der Waals surface area (Å²) in [6.07, 6.45) is 16.5. The fourth-order valence-corrected chi connectivity index (χ4v) is 9.87. The van der Waals surface area contributed by atoms with E-state index in [0.717, 1.165) is 41.9 Å². The summed E-state index contributed by atoms with van der Waals surface area (Å²) in [6, 6.07) is 0.145. The van der Waals surface area contributed by atoms with Crippen LogP contribution in [0.25, 0.3) is 0 Å². The number of nitrogens with zero attached hydrogens (tertiary/aromatic N) is 1. The maximum atomic E-state index is 11.1. The third-order valence-electron chi connectivity index (χ3n) is 11.8. The normalized spacial score (nSPS) is 39.7. The summed E-state index contributed by atoms with van der Waals surface area (Å²) in [6.45, 7) is 14.4. The van der Waals surface area contributed by atoms with Gasteiger partial charge in [0.2, 0.25) is 0 Å². The van der Waals surface area contributed by atoms with Crippen LogP contribution in [0.1, 0.15) is 105 Å². The van der Waals surface area contributed by atoms with Crippen molar-refractivity contribution in [3.8, 4) is 0 Å². The van der Waals surface area contributed by atoms with Gasteiger partial charge in [-0.1, -0.05) is 65.5 Å². The summed E-state index contributed by atoms with van der Waals surface area (Å²) in [7, 11) is 4.15. The second-order valence-corrected chi connectivity index (χ2v) is 14.4. The summed E-state index contributed by atoms with van der Waals surface area (Å²) in [5, 5.41) is 11.7. The summed E-state index contributed by atoms with van der Waals surface area (Å²) in [5.41, 5.74) is 2.58. The standard InChI is InChI=1S/C32H55N2O2/c1-21(2)9-8-10-22(3)26-13-14-27-25-12-11-24-19-23(29(34(6)7)20-33-30(35)36)15-17-31(24,4)28(25)16-18-32(26,27)5/h11,20-23,25-29,33H,8-10,12-19H2,1-7H3,(H,35,36)/t22-,23+,25?,26-,27?,28?,29?,31+,32-/m1/s1. The van der Waals surface area contributed by atoms with Gasteiger partial charge in [0.15, 0.2) is 0 Å². The van der Waals surface area contributed by atoms with E-state index in [4.69, 9.17) is 5.11 Å². The highest BCUT2D eigenvalue weighted by atomic mass is 16.4. The van der Waals surface area contributed by atoms with Crippen molar-refractivity contribution in [2.75, 3.05) is 14.1 Å². The summed E-state index contributed by atoms with van der Waals surface area (Å²) in [5.74, 6) is 5.72. The van der Waals surface area contributed by atoms with Gasteiger partial charge in [-0.15, -0.1) is 0 Å². The number of carbonyl (C=O) groups is 1. The molecule has 4 rings (SSSR count). The molecule has 0 bridgehead atoms. The van der Waals surface area contributed by atoms with Crippen LogP contribution in [0.4, 0.5) is 4.79 Å². The number of hydrogen-bond acceptors (Lipinski definition) is 2. The highest BCUT2D eigenvalue weighted by molar-refractivity contribution is 5.65. The van der Waals surface area contributed by atoms with Gasteiger partial charge in [-0.05, 0) is 118 Å². The Balaban J connectivity index is 1.46. The van der Waals surface area contributed by atoms with E-state index < -0.39 is 6.09 Å². The van der Waals surface area contributed by atoms with E-state index >= 15 is 0 Å². The van der Waals surface area contributed by atoms with Crippen LogP contribution in [0.2, 0.25) is 0 Å². The Morgan fingerprint density at radius 1 is 1.11 bits per heavy atom.